The number of carbonyl (C=O) groups excluding carboxylic acids is 1. The third kappa shape index (κ3) is 4.08. The van der Waals surface area contributed by atoms with Gasteiger partial charge in [-0.25, -0.2) is 4.79 Å². The van der Waals surface area contributed by atoms with Crippen molar-refractivity contribution >= 4 is 6.09 Å². The zero-order valence-electron chi connectivity index (χ0n) is 10.0. The van der Waals surface area contributed by atoms with Gasteiger partial charge in [-0.1, -0.05) is 6.92 Å². The Morgan fingerprint density at radius 1 is 1.40 bits per heavy atom. The van der Waals surface area contributed by atoms with Crippen LogP contribution in [0.2, 0.25) is 0 Å². The molecule has 0 heterocycles. The SMILES string of the molecule is C[C@@H]1C[C@H](N)C[C@H]1NC(=O)OC(C)(C)C. The van der Waals surface area contributed by atoms with Gasteiger partial charge in [-0.2, -0.15) is 0 Å². The Balaban J connectivity index is 2.39. The lowest BCUT2D eigenvalue weighted by Crippen LogP contribution is -2.40. The summed E-state index contributed by atoms with van der Waals surface area (Å²) in [6, 6.07) is 0.370. The maximum atomic E-state index is 11.5. The highest BCUT2D eigenvalue weighted by Gasteiger charge is 2.31. The van der Waals surface area contributed by atoms with Gasteiger partial charge >= 0.3 is 6.09 Å². The van der Waals surface area contributed by atoms with Crippen molar-refractivity contribution in [2.24, 2.45) is 11.7 Å². The van der Waals surface area contributed by atoms with Crippen LogP contribution in [-0.4, -0.2) is 23.8 Å². The number of hydrogen-bond donors (Lipinski definition) is 2. The Hall–Kier alpha value is -0.770. The molecule has 1 aliphatic rings. The Morgan fingerprint density at radius 3 is 2.40 bits per heavy atom. The molecule has 0 aromatic heterocycles. The van der Waals surface area contributed by atoms with Gasteiger partial charge < -0.3 is 15.8 Å². The van der Waals surface area contributed by atoms with Gasteiger partial charge in [0.15, 0.2) is 0 Å². The molecule has 4 nitrogen and oxygen atoms in total. The van der Waals surface area contributed by atoms with E-state index in [0.717, 1.165) is 12.8 Å². The average molecular weight is 214 g/mol. The Labute approximate surface area is 91.5 Å². The molecule has 1 rings (SSSR count). The molecule has 0 bridgehead atoms. The zero-order chi connectivity index (χ0) is 11.6. The van der Waals surface area contributed by atoms with Crippen LogP contribution in [0, 0.1) is 5.92 Å². The van der Waals surface area contributed by atoms with Gasteiger partial charge in [0.05, 0.1) is 0 Å². The van der Waals surface area contributed by atoms with Crippen molar-refractivity contribution in [3.05, 3.63) is 0 Å². The molecular formula is C11H22N2O2. The number of ether oxygens (including phenoxy) is 1. The van der Waals surface area contributed by atoms with Crippen LogP contribution in [0.1, 0.15) is 40.5 Å². The van der Waals surface area contributed by atoms with E-state index in [1.54, 1.807) is 0 Å². The van der Waals surface area contributed by atoms with E-state index in [4.69, 9.17) is 10.5 Å². The molecule has 15 heavy (non-hydrogen) atoms. The van der Waals surface area contributed by atoms with Crippen LogP contribution < -0.4 is 11.1 Å². The smallest absolute Gasteiger partial charge is 0.407 e. The van der Waals surface area contributed by atoms with Crippen LogP contribution >= 0.6 is 0 Å². The molecular weight excluding hydrogens is 192 g/mol. The summed E-state index contributed by atoms with van der Waals surface area (Å²) in [4.78, 5) is 11.5. The largest absolute Gasteiger partial charge is 0.444 e. The van der Waals surface area contributed by atoms with Crippen LogP contribution in [0.4, 0.5) is 4.79 Å². The average Bonchev–Trinajstić information content (AvgIpc) is 2.25. The van der Waals surface area contributed by atoms with Crippen LogP contribution in [0.5, 0.6) is 0 Å². The van der Waals surface area contributed by atoms with Gasteiger partial charge in [0.25, 0.3) is 0 Å². The summed E-state index contributed by atoms with van der Waals surface area (Å²) in [5, 5.41) is 2.87. The summed E-state index contributed by atoms with van der Waals surface area (Å²) in [5.74, 6) is 0.438. The van der Waals surface area contributed by atoms with Gasteiger partial charge in [-0.3, -0.25) is 0 Å². The van der Waals surface area contributed by atoms with Gasteiger partial charge in [0.2, 0.25) is 0 Å². The first-order valence-electron chi connectivity index (χ1n) is 5.53. The molecule has 0 unspecified atom stereocenters. The van der Waals surface area contributed by atoms with Gasteiger partial charge in [0, 0.05) is 12.1 Å². The molecule has 1 fully saturated rings. The number of nitrogens with two attached hydrogens (primary N) is 1. The first-order chi connectivity index (χ1) is 6.78. The summed E-state index contributed by atoms with van der Waals surface area (Å²) >= 11 is 0. The van der Waals surface area contributed by atoms with E-state index in [2.05, 4.69) is 12.2 Å². The van der Waals surface area contributed by atoms with Crippen molar-refractivity contribution in [1.29, 1.82) is 0 Å². The summed E-state index contributed by atoms with van der Waals surface area (Å²) in [7, 11) is 0. The molecule has 0 radical (unpaired) electrons. The number of amides is 1. The van der Waals surface area contributed by atoms with Crippen LogP contribution in [-0.2, 0) is 4.74 Å². The molecule has 4 heteroatoms. The van der Waals surface area contributed by atoms with Gasteiger partial charge in [-0.15, -0.1) is 0 Å². The second-order valence-corrected chi connectivity index (χ2v) is 5.46. The molecule has 3 N–H and O–H groups in total. The predicted octanol–water partition coefficient (Wildman–Crippen LogP) is 1.64. The summed E-state index contributed by atoms with van der Waals surface area (Å²) < 4.78 is 5.19. The Morgan fingerprint density at radius 2 is 2.00 bits per heavy atom. The maximum absolute atomic E-state index is 11.5. The molecule has 1 amide bonds. The highest BCUT2D eigenvalue weighted by atomic mass is 16.6. The second kappa shape index (κ2) is 4.39. The fraction of sp³-hybridized carbons (Fsp3) is 0.909. The minimum atomic E-state index is -0.436. The summed E-state index contributed by atoms with van der Waals surface area (Å²) in [5.41, 5.74) is 5.39. The van der Waals surface area contributed by atoms with Crippen molar-refractivity contribution in [2.45, 2.75) is 58.2 Å². The Kier molecular flexibility index (Phi) is 3.60. The molecule has 0 aliphatic heterocycles. The first-order valence-corrected chi connectivity index (χ1v) is 5.53. The quantitative estimate of drug-likeness (QED) is 0.697. The lowest BCUT2D eigenvalue weighted by atomic mass is 10.1. The minimum Gasteiger partial charge on any atom is -0.444 e. The van der Waals surface area contributed by atoms with Gasteiger partial charge in [0.1, 0.15) is 5.60 Å². The lowest BCUT2D eigenvalue weighted by molar-refractivity contribution is 0.0495. The first kappa shape index (κ1) is 12.3. The van der Waals surface area contributed by atoms with Crippen LogP contribution in [0.25, 0.3) is 0 Å². The normalized spacial score (nSPS) is 31.4. The van der Waals surface area contributed by atoms with E-state index in [1.165, 1.54) is 0 Å². The van der Waals surface area contributed by atoms with E-state index in [1.807, 2.05) is 20.8 Å². The minimum absolute atomic E-state index is 0.162. The number of alkyl carbamates (subject to hydrolysis) is 1. The van der Waals surface area contributed by atoms with E-state index in [9.17, 15) is 4.79 Å². The molecule has 0 spiro atoms. The summed E-state index contributed by atoms with van der Waals surface area (Å²) in [6.45, 7) is 7.68. The maximum Gasteiger partial charge on any atom is 0.407 e. The fourth-order valence-electron chi connectivity index (χ4n) is 1.96. The number of nitrogens with one attached hydrogen (secondary N) is 1. The van der Waals surface area contributed by atoms with E-state index >= 15 is 0 Å². The molecule has 1 saturated carbocycles. The van der Waals surface area contributed by atoms with E-state index < -0.39 is 5.60 Å². The van der Waals surface area contributed by atoms with Crippen molar-refractivity contribution in [3.63, 3.8) is 0 Å². The zero-order valence-corrected chi connectivity index (χ0v) is 10.0. The molecule has 0 aromatic carbocycles. The molecule has 88 valence electrons. The van der Waals surface area contributed by atoms with Crippen molar-refractivity contribution in [3.8, 4) is 0 Å². The fourth-order valence-corrected chi connectivity index (χ4v) is 1.96. The topological polar surface area (TPSA) is 64.3 Å². The third-order valence-corrected chi connectivity index (χ3v) is 2.62. The predicted molar refractivity (Wildman–Crippen MR) is 59.5 cm³/mol. The van der Waals surface area contributed by atoms with Crippen LogP contribution in [0.15, 0.2) is 0 Å². The number of carbonyl (C=O) groups is 1. The van der Waals surface area contributed by atoms with E-state index in [0.29, 0.717) is 5.92 Å². The highest BCUT2D eigenvalue weighted by Crippen LogP contribution is 2.24. The van der Waals surface area contributed by atoms with Crippen molar-refractivity contribution in [2.75, 3.05) is 0 Å². The van der Waals surface area contributed by atoms with E-state index in [-0.39, 0.29) is 18.2 Å². The molecule has 3 atom stereocenters. The monoisotopic (exact) mass is 214 g/mol. The molecule has 1 aliphatic carbocycles. The van der Waals surface area contributed by atoms with Crippen LogP contribution in [0.3, 0.4) is 0 Å². The third-order valence-electron chi connectivity index (χ3n) is 2.62. The van der Waals surface area contributed by atoms with Crippen molar-refractivity contribution in [1.82, 2.24) is 5.32 Å². The standard InChI is InChI=1S/C11H22N2O2/c1-7-5-8(12)6-9(7)13-10(14)15-11(2,3)4/h7-9H,5-6,12H2,1-4H3,(H,13,14)/t7-,8+,9-/m1/s1. The lowest BCUT2D eigenvalue weighted by Gasteiger charge is -2.23. The van der Waals surface area contributed by atoms with Gasteiger partial charge in [-0.05, 0) is 39.5 Å². The highest BCUT2D eigenvalue weighted by molar-refractivity contribution is 5.68. The molecule has 0 saturated heterocycles. The number of hydrogen-bond acceptors (Lipinski definition) is 3. The Bertz CT molecular complexity index is 235. The summed E-state index contributed by atoms with van der Waals surface area (Å²) in [6.07, 6.45) is 1.48. The van der Waals surface area contributed by atoms with Crippen molar-refractivity contribution < 1.29 is 9.53 Å². The molecule has 0 aromatic rings. The number of rotatable bonds is 1. The second-order valence-electron chi connectivity index (χ2n) is 5.46.